The molecule has 5 aliphatic heterocycles. The molecule has 332 valence electrons. The van der Waals surface area contributed by atoms with Crippen molar-refractivity contribution < 1.29 is 92.5 Å². The van der Waals surface area contributed by atoms with Crippen LogP contribution >= 0.6 is 0 Å². The molecule has 3 N–H and O–H groups in total. The van der Waals surface area contributed by atoms with Gasteiger partial charge < -0.3 is 53.3 Å². The van der Waals surface area contributed by atoms with Crippen molar-refractivity contribution in [2.45, 2.75) is 172 Å². The van der Waals surface area contributed by atoms with Crippen LogP contribution in [-0.4, -0.2) is 106 Å². The number of rotatable bonds is 13. The minimum absolute atomic E-state index is 0. The van der Waals surface area contributed by atoms with E-state index in [9.17, 15) is 35.0 Å². The third kappa shape index (κ3) is 9.74. The number of benzene rings is 1. The summed E-state index contributed by atoms with van der Waals surface area (Å²) in [6.45, 7) is 15.2. The van der Waals surface area contributed by atoms with Gasteiger partial charge in [-0.15, -0.1) is 0 Å². The average Bonchev–Trinajstić information content (AvgIpc) is 3.90. The molecule has 0 bridgehead atoms. The molecular weight excluding hydrogens is 791 g/mol. The molecule has 6 rings (SSSR count). The van der Waals surface area contributed by atoms with E-state index in [1.54, 1.807) is 6.92 Å². The van der Waals surface area contributed by atoms with Crippen LogP contribution in [0.4, 0.5) is 16.2 Å². The summed E-state index contributed by atoms with van der Waals surface area (Å²) in [6, 6.07) is 5.34. The van der Waals surface area contributed by atoms with E-state index >= 15 is 0 Å². The minimum Gasteiger partial charge on any atom is -0.550 e. The molecule has 0 saturated carbocycles. The van der Waals surface area contributed by atoms with Crippen LogP contribution in [0.3, 0.4) is 0 Å². The zero-order valence-corrected chi connectivity index (χ0v) is 38.9. The monoisotopic (exact) mass is 856 g/mol. The van der Waals surface area contributed by atoms with Gasteiger partial charge >= 0.3 is 35.7 Å². The fourth-order valence-electron chi connectivity index (χ4n) is 10.9. The van der Waals surface area contributed by atoms with Crippen LogP contribution in [0, 0.1) is 45.6 Å². The van der Waals surface area contributed by atoms with Crippen molar-refractivity contribution in [1.82, 2.24) is 0 Å². The molecule has 17 atom stereocenters. The van der Waals surface area contributed by atoms with E-state index in [4.69, 9.17) is 33.2 Å². The normalized spacial score (nSPS) is 41.9. The van der Waals surface area contributed by atoms with Crippen LogP contribution < -0.4 is 40.0 Å². The molecule has 5 aliphatic rings. The number of methoxy groups -OCH3 is 1. The van der Waals surface area contributed by atoms with Crippen molar-refractivity contribution >= 4 is 23.4 Å². The van der Waals surface area contributed by atoms with Crippen LogP contribution in [0.25, 0.3) is 0 Å². The number of carboxylic acid groups (broad SMARTS) is 1. The molecule has 0 unspecified atom stereocenters. The van der Waals surface area contributed by atoms with Crippen molar-refractivity contribution in [3.8, 4) is 0 Å². The number of amides is 1. The molecule has 5 fully saturated rings. The van der Waals surface area contributed by atoms with Gasteiger partial charge in [-0.05, 0) is 69.4 Å². The Bertz CT molecular complexity index is 1670. The molecule has 1 amide bonds. The first-order valence-corrected chi connectivity index (χ1v) is 21.4. The summed E-state index contributed by atoms with van der Waals surface area (Å²) in [6.07, 6.45) is 0.831. The Labute approximate surface area is 375 Å². The quantitative estimate of drug-likeness (QED) is 0.147. The molecule has 1 aromatic carbocycles. The van der Waals surface area contributed by atoms with Gasteiger partial charge in [0.05, 0.1) is 58.9 Å². The number of ether oxygens (including phenoxy) is 7. The number of non-ortho nitro benzene ring substituents is 1. The SMILES string of the molecule is CC[C@@]1([C@@H]2O[C@@H]([C@H]3O[C@@](O)(COC(=O)Nc4ccc([N+](=O)[O-])cc4)[C@H](C)C[C@@H]3C)C[C@@H]2C)CC[C@H]([C@]2(C)CC[C@]3(C[C@H](O)[C@@H](C)[C@@H]([C@@H](C)[C@@H](OC)[C@@H](C)C(=O)[O-])O3)O2)O1.[Na+]. The standard InChI is InChI=1S/C43H66N2O14.Na/c1-10-41(16-15-33(56-41)40(8)17-18-42(59-40)21-31(46)26(5)36(57-42)27(6)35(53-9)28(7)38(47)48)37-24(3)20-32(55-37)34-23(2)19-25(4)43(50,58-34)22-54-39(49)44-29-11-13-30(14-12-29)45(51)52;/h11-14,23-28,31-37,46,50H,10,15-22H2,1-9H3,(H,44,49)(H,47,48);/q;+1/p-1/t23-,24-,25+,26+,27-,28+,31-,32+,33+,34-,35+,36-,37+,40-,41-,42+,43-;/m0./s1. The Morgan fingerprint density at radius 3 is 2.33 bits per heavy atom. The molecule has 0 aromatic heterocycles. The third-order valence-corrected chi connectivity index (χ3v) is 14.5. The van der Waals surface area contributed by atoms with Crippen molar-refractivity contribution in [3.05, 3.63) is 34.4 Å². The van der Waals surface area contributed by atoms with Crippen molar-refractivity contribution in [3.63, 3.8) is 0 Å². The number of aliphatic hydroxyl groups excluding tert-OH is 1. The fraction of sp³-hybridized carbons (Fsp3) is 0.814. The summed E-state index contributed by atoms with van der Waals surface area (Å²) < 4.78 is 45.3. The van der Waals surface area contributed by atoms with E-state index in [0.717, 1.165) is 12.8 Å². The van der Waals surface area contributed by atoms with E-state index in [-0.39, 0.29) is 89.6 Å². The molecule has 0 aliphatic carbocycles. The number of carbonyl (C=O) groups is 2. The summed E-state index contributed by atoms with van der Waals surface area (Å²) in [5.41, 5.74) is -1.13. The second kappa shape index (κ2) is 19.0. The van der Waals surface area contributed by atoms with Crippen LogP contribution in [0.1, 0.15) is 107 Å². The van der Waals surface area contributed by atoms with Crippen molar-refractivity contribution in [2.24, 2.45) is 35.5 Å². The molecule has 0 radical (unpaired) electrons. The Balaban J connectivity index is 0.00000683. The molecule has 5 saturated heterocycles. The van der Waals surface area contributed by atoms with E-state index in [1.165, 1.54) is 31.4 Å². The van der Waals surface area contributed by atoms with E-state index in [2.05, 4.69) is 33.0 Å². The molecule has 5 heterocycles. The number of aliphatic carboxylic acids is 1. The topological polar surface area (TPSA) is 217 Å². The number of aliphatic hydroxyl groups is 2. The first-order valence-electron chi connectivity index (χ1n) is 21.4. The van der Waals surface area contributed by atoms with Crippen LogP contribution in [0.5, 0.6) is 0 Å². The Morgan fingerprint density at radius 1 is 1.03 bits per heavy atom. The summed E-state index contributed by atoms with van der Waals surface area (Å²) in [5.74, 6) is -5.78. The smallest absolute Gasteiger partial charge is 0.550 e. The minimum atomic E-state index is -1.77. The molecular formula is C43H65N2NaO14. The van der Waals surface area contributed by atoms with Gasteiger partial charge in [0.25, 0.3) is 5.69 Å². The van der Waals surface area contributed by atoms with Crippen LogP contribution in [0.2, 0.25) is 0 Å². The Kier molecular flexibility index (Phi) is 15.6. The molecule has 60 heavy (non-hydrogen) atoms. The zero-order chi connectivity index (χ0) is 43.2. The maximum atomic E-state index is 12.7. The number of anilines is 1. The van der Waals surface area contributed by atoms with Gasteiger partial charge in [-0.25, -0.2) is 4.79 Å². The van der Waals surface area contributed by atoms with Gasteiger partial charge in [0.2, 0.25) is 5.79 Å². The Morgan fingerprint density at radius 2 is 1.72 bits per heavy atom. The van der Waals surface area contributed by atoms with Gasteiger partial charge in [-0.1, -0.05) is 48.5 Å². The number of nitro groups is 1. The maximum Gasteiger partial charge on any atom is 1.00 e. The number of nitro benzene ring substituents is 1. The van der Waals surface area contributed by atoms with Crippen molar-refractivity contribution in [1.29, 1.82) is 0 Å². The average molecular weight is 857 g/mol. The number of nitrogens with one attached hydrogen (secondary N) is 1. The van der Waals surface area contributed by atoms with E-state index in [1.807, 2.05) is 20.8 Å². The van der Waals surface area contributed by atoms with Gasteiger partial charge in [0.15, 0.2) is 5.79 Å². The van der Waals surface area contributed by atoms with Crippen LogP contribution in [0.15, 0.2) is 24.3 Å². The number of hydrogen-bond acceptors (Lipinski definition) is 14. The summed E-state index contributed by atoms with van der Waals surface area (Å²) >= 11 is 0. The molecule has 1 aromatic rings. The number of hydrogen-bond donors (Lipinski definition) is 3. The second-order valence-electron chi connectivity index (χ2n) is 18.6. The Hall–Kier alpha value is -1.96. The number of carbonyl (C=O) groups excluding carboxylic acids is 2. The molecule has 16 nitrogen and oxygen atoms in total. The van der Waals surface area contributed by atoms with E-state index < -0.39 is 76.7 Å². The largest absolute Gasteiger partial charge is 1.00 e. The predicted octanol–water partition coefficient (Wildman–Crippen LogP) is 2.11. The summed E-state index contributed by atoms with van der Waals surface area (Å²) in [4.78, 5) is 34.9. The van der Waals surface area contributed by atoms with Gasteiger partial charge in [0, 0.05) is 67.4 Å². The second-order valence-corrected chi connectivity index (χ2v) is 18.6. The third-order valence-electron chi connectivity index (χ3n) is 14.5. The zero-order valence-electron chi connectivity index (χ0n) is 36.9. The van der Waals surface area contributed by atoms with Gasteiger partial charge in [-0.2, -0.15) is 0 Å². The van der Waals surface area contributed by atoms with Crippen LogP contribution in [-0.2, 0) is 38.0 Å². The number of nitrogens with zero attached hydrogens (tertiary/aromatic N) is 1. The predicted molar refractivity (Wildman–Crippen MR) is 211 cm³/mol. The summed E-state index contributed by atoms with van der Waals surface area (Å²) in [7, 11) is 1.48. The fourth-order valence-corrected chi connectivity index (χ4v) is 10.9. The van der Waals surface area contributed by atoms with Gasteiger partial charge in [-0.3, -0.25) is 15.4 Å². The maximum absolute atomic E-state index is 12.7. The van der Waals surface area contributed by atoms with E-state index in [0.29, 0.717) is 37.8 Å². The first-order chi connectivity index (χ1) is 27.7. The molecule has 1 spiro atoms. The summed E-state index contributed by atoms with van der Waals surface area (Å²) in [5, 5.41) is 48.4. The number of carboxylic acids is 1. The molecule has 17 heteroatoms. The first kappa shape index (κ1) is 49.1. The van der Waals surface area contributed by atoms with Gasteiger partial charge in [0.1, 0.15) is 6.61 Å². The van der Waals surface area contributed by atoms with Crippen molar-refractivity contribution in [2.75, 3.05) is 19.0 Å².